The lowest BCUT2D eigenvalue weighted by atomic mass is 10.0. The molecule has 0 saturated heterocycles. The van der Waals surface area contributed by atoms with Crippen molar-refractivity contribution in [3.63, 3.8) is 0 Å². The van der Waals surface area contributed by atoms with E-state index in [1.807, 2.05) is 12.1 Å². The van der Waals surface area contributed by atoms with Gasteiger partial charge < -0.3 is 4.85 Å². The fourth-order valence-corrected chi connectivity index (χ4v) is 2.52. The van der Waals surface area contributed by atoms with Crippen LogP contribution >= 0.6 is 0 Å². The maximum absolute atomic E-state index is 7.09. The fourth-order valence-electron chi connectivity index (χ4n) is 2.52. The van der Waals surface area contributed by atoms with E-state index in [4.69, 9.17) is 6.57 Å². The second-order valence-corrected chi connectivity index (χ2v) is 4.83. The van der Waals surface area contributed by atoms with Gasteiger partial charge in [-0.3, -0.25) is 5.10 Å². The standard InChI is InChI=1S/C17H10N4/c1-18-16-9-14-15(10-19-16)20-21-17(14)13-7-6-11-4-2-3-5-12(11)8-13/h2-10H,(H,20,21). The second-order valence-electron chi connectivity index (χ2n) is 4.83. The van der Waals surface area contributed by atoms with E-state index >= 15 is 0 Å². The van der Waals surface area contributed by atoms with Crippen LogP contribution in [-0.4, -0.2) is 15.2 Å². The molecular formula is C17H10N4. The molecule has 4 heteroatoms. The lowest BCUT2D eigenvalue weighted by Crippen LogP contribution is -1.80. The summed E-state index contributed by atoms with van der Waals surface area (Å²) in [6.45, 7) is 7.09. The SMILES string of the molecule is [C-]#[N+]c1cc2c(-c3ccc4ccccc4c3)n[nH]c2cn1. The van der Waals surface area contributed by atoms with Crippen molar-refractivity contribution in [2.45, 2.75) is 0 Å². The van der Waals surface area contributed by atoms with Crippen molar-refractivity contribution in [1.29, 1.82) is 0 Å². The van der Waals surface area contributed by atoms with Gasteiger partial charge in [-0.15, -0.1) is 4.98 Å². The third-order valence-electron chi connectivity index (χ3n) is 3.57. The number of rotatable bonds is 1. The van der Waals surface area contributed by atoms with Crippen LogP contribution in [-0.2, 0) is 0 Å². The van der Waals surface area contributed by atoms with Crippen LogP contribution in [0, 0.1) is 6.57 Å². The molecular weight excluding hydrogens is 260 g/mol. The molecule has 2 heterocycles. The Hall–Kier alpha value is -3.19. The number of hydrogen-bond donors (Lipinski definition) is 1. The Labute approximate surface area is 120 Å². The molecule has 0 unspecified atom stereocenters. The quantitative estimate of drug-likeness (QED) is 0.523. The highest BCUT2D eigenvalue weighted by Crippen LogP contribution is 2.30. The second kappa shape index (κ2) is 4.43. The molecule has 0 atom stereocenters. The highest BCUT2D eigenvalue weighted by molar-refractivity contribution is 5.96. The first-order valence-corrected chi connectivity index (χ1v) is 6.56. The Kier molecular flexibility index (Phi) is 2.45. The highest BCUT2D eigenvalue weighted by Gasteiger charge is 2.10. The first-order chi connectivity index (χ1) is 10.3. The maximum Gasteiger partial charge on any atom is 0.270 e. The van der Waals surface area contributed by atoms with Crippen LogP contribution in [0.2, 0.25) is 0 Å². The smallest absolute Gasteiger partial charge is 0.270 e. The summed E-state index contributed by atoms with van der Waals surface area (Å²) in [5.41, 5.74) is 2.72. The Morgan fingerprint density at radius 3 is 2.71 bits per heavy atom. The lowest BCUT2D eigenvalue weighted by Gasteiger charge is -2.01. The Balaban J connectivity index is 1.97. The van der Waals surface area contributed by atoms with Gasteiger partial charge in [-0.25, -0.2) is 0 Å². The number of pyridine rings is 1. The minimum Gasteiger partial charge on any atom is -0.361 e. The minimum atomic E-state index is 0.380. The number of nitrogens with zero attached hydrogens (tertiary/aromatic N) is 3. The number of nitrogens with one attached hydrogen (secondary N) is 1. The third-order valence-corrected chi connectivity index (χ3v) is 3.57. The van der Waals surface area contributed by atoms with E-state index in [1.165, 1.54) is 10.8 Å². The van der Waals surface area contributed by atoms with Crippen molar-refractivity contribution in [3.05, 3.63) is 66.1 Å². The molecule has 98 valence electrons. The van der Waals surface area contributed by atoms with E-state index in [-0.39, 0.29) is 0 Å². The summed E-state index contributed by atoms with van der Waals surface area (Å²) in [5, 5.41) is 10.6. The van der Waals surface area contributed by atoms with Gasteiger partial charge >= 0.3 is 0 Å². The van der Waals surface area contributed by atoms with Gasteiger partial charge in [0.2, 0.25) is 0 Å². The van der Waals surface area contributed by atoms with Gasteiger partial charge in [0.1, 0.15) is 11.7 Å². The molecule has 0 bridgehead atoms. The van der Waals surface area contributed by atoms with Crippen LogP contribution < -0.4 is 0 Å². The van der Waals surface area contributed by atoms with E-state index in [9.17, 15) is 0 Å². The van der Waals surface area contributed by atoms with Crippen LogP contribution in [0.4, 0.5) is 5.82 Å². The minimum absolute atomic E-state index is 0.380. The van der Waals surface area contributed by atoms with Gasteiger partial charge in [0.05, 0.1) is 5.69 Å². The predicted octanol–water partition coefficient (Wildman–Crippen LogP) is 4.33. The molecule has 0 aliphatic carbocycles. The molecule has 4 nitrogen and oxygen atoms in total. The molecule has 21 heavy (non-hydrogen) atoms. The summed E-state index contributed by atoms with van der Waals surface area (Å²) in [6, 6.07) is 16.2. The normalized spacial score (nSPS) is 10.8. The molecule has 0 radical (unpaired) electrons. The van der Waals surface area contributed by atoms with E-state index in [1.54, 1.807) is 12.3 Å². The predicted molar refractivity (Wildman–Crippen MR) is 83.1 cm³/mol. The Morgan fingerprint density at radius 2 is 1.86 bits per heavy atom. The van der Waals surface area contributed by atoms with Gasteiger partial charge in [0.15, 0.2) is 0 Å². The topological polar surface area (TPSA) is 45.9 Å². The molecule has 0 spiro atoms. The summed E-state index contributed by atoms with van der Waals surface area (Å²) in [4.78, 5) is 7.44. The number of aromatic nitrogens is 3. The summed E-state index contributed by atoms with van der Waals surface area (Å²) in [5.74, 6) is 0.380. The summed E-state index contributed by atoms with van der Waals surface area (Å²) < 4.78 is 0. The van der Waals surface area contributed by atoms with Gasteiger partial charge in [0, 0.05) is 10.9 Å². The van der Waals surface area contributed by atoms with Crippen molar-refractivity contribution < 1.29 is 0 Å². The van der Waals surface area contributed by atoms with Crippen LogP contribution in [0.1, 0.15) is 0 Å². The van der Waals surface area contributed by atoms with Crippen molar-refractivity contribution in [2.75, 3.05) is 0 Å². The van der Waals surface area contributed by atoms with E-state index in [2.05, 4.69) is 50.4 Å². The van der Waals surface area contributed by atoms with Crippen molar-refractivity contribution in [3.8, 4) is 11.3 Å². The van der Waals surface area contributed by atoms with Crippen LogP contribution in [0.3, 0.4) is 0 Å². The zero-order valence-corrected chi connectivity index (χ0v) is 11.0. The van der Waals surface area contributed by atoms with Gasteiger partial charge in [-0.1, -0.05) is 43.0 Å². The van der Waals surface area contributed by atoms with Gasteiger partial charge in [-0.2, -0.15) is 5.10 Å². The Bertz CT molecular complexity index is 1010. The zero-order valence-electron chi connectivity index (χ0n) is 11.0. The zero-order chi connectivity index (χ0) is 14.2. The molecule has 0 saturated carbocycles. The van der Waals surface area contributed by atoms with E-state index in [0.717, 1.165) is 22.2 Å². The van der Waals surface area contributed by atoms with E-state index in [0.29, 0.717) is 5.82 Å². The number of fused-ring (bicyclic) bond motifs is 2. The maximum atomic E-state index is 7.09. The van der Waals surface area contributed by atoms with Gasteiger partial charge in [-0.05, 0) is 22.9 Å². The molecule has 1 N–H and O–H groups in total. The number of aromatic amines is 1. The molecule has 0 amide bonds. The first kappa shape index (κ1) is 11.6. The first-order valence-electron chi connectivity index (χ1n) is 6.56. The molecule has 4 rings (SSSR count). The summed E-state index contributed by atoms with van der Waals surface area (Å²) in [7, 11) is 0. The molecule has 0 fully saturated rings. The average Bonchev–Trinajstić information content (AvgIpc) is 2.97. The Morgan fingerprint density at radius 1 is 1.00 bits per heavy atom. The van der Waals surface area contributed by atoms with Gasteiger partial charge in [0.25, 0.3) is 5.82 Å². The third kappa shape index (κ3) is 1.84. The number of hydrogen-bond acceptors (Lipinski definition) is 2. The van der Waals surface area contributed by atoms with E-state index < -0.39 is 0 Å². The highest BCUT2D eigenvalue weighted by atomic mass is 15.1. The largest absolute Gasteiger partial charge is 0.361 e. The molecule has 0 aliphatic heterocycles. The van der Waals surface area contributed by atoms with Crippen LogP contribution in [0.5, 0.6) is 0 Å². The van der Waals surface area contributed by atoms with Crippen LogP contribution in [0.15, 0.2) is 54.7 Å². The average molecular weight is 270 g/mol. The lowest BCUT2D eigenvalue weighted by molar-refractivity contribution is 1.12. The number of H-pyrrole nitrogens is 1. The molecule has 0 aliphatic rings. The van der Waals surface area contributed by atoms with Crippen molar-refractivity contribution >= 4 is 27.5 Å². The molecule has 2 aromatic carbocycles. The number of benzene rings is 2. The molecule has 4 aromatic rings. The van der Waals surface area contributed by atoms with Crippen molar-refractivity contribution in [1.82, 2.24) is 15.2 Å². The summed E-state index contributed by atoms with van der Waals surface area (Å²) in [6.07, 6.45) is 1.65. The van der Waals surface area contributed by atoms with Crippen molar-refractivity contribution in [2.24, 2.45) is 0 Å². The molecule has 2 aromatic heterocycles. The fraction of sp³-hybridized carbons (Fsp3) is 0. The van der Waals surface area contributed by atoms with Crippen LogP contribution in [0.25, 0.3) is 37.8 Å². The summed E-state index contributed by atoms with van der Waals surface area (Å²) >= 11 is 0. The monoisotopic (exact) mass is 270 g/mol.